The lowest BCUT2D eigenvalue weighted by atomic mass is 9.98. The standard InChI is InChI=1S/C16H36N2S2/c1-7-15(19,8-2)12-17-11-14(5,6)18-13-16(20,9-3)10-4/h17-20H,7-13H2,1-6H3. The van der Waals surface area contributed by atoms with E-state index in [1.807, 2.05) is 0 Å². The highest BCUT2D eigenvalue weighted by molar-refractivity contribution is 7.82. The van der Waals surface area contributed by atoms with E-state index in [1.165, 1.54) is 0 Å². The maximum absolute atomic E-state index is 4.80. The van der Waals surface area contributed by atoms with E-state index in [2.05, 4.69) is 52.2 Å². The van der Waals surface area contributed by atoms with Gasteiger partial charge >= 0.3 is 0 Å². The van der Waals surface area contributed by atoms with Crippen LogP contribution in [0.3, 0.4) is 0 Å². The lowest BCUT2D eigenvalue weighted by Gasteiger charge is -2.35. The molecule has 0 rings (SSSR count). The van der Waals surface area contributed by atoms with Crippen LogP contribution in [0.4, 0.5) is 0 Å². The summed E-state index contributed by atoms with van der Waals surface area (Å²) in [7, 11) is 0. The quantitative estimate of drug-likeness (QED) is 0.434. The van der Waals surface area contributed by atoms with Gasteiger partial charge in [0.15, 0.2) is 0 Å². The molecule has 0 bridgehead atoms. The zero-order valence-electron chi connectivity index (χ0n) is 14.3. The van der Waals surface area contributed by atoms with E-state index < -0.39 is 0 Å². The molecule has 0 fully saturated rings. The third-order valence-corrected chi connectivity index (χ3v) is 6.13. The van der Waals surface area contributed by atoms with Crippen LogP contribution in [0.15, 0.2) is 0 Å². The van der Waals surface area contributed by atoms with Crippen LogP contribution >= 0.6 is 25.3 Å². The molecule has 0 aromatic heterocycles. The first-order chi connectivity index (χ1) is 9.16. The maximum atomic E-state index is 4.80. The molecular weight excluding hydrogens is 284 g/mol. The molecule has 0 saturated carbocycles. The van der Waals surface area contributed by atoms with Crippen molar-refractivity contribution in [3.8, 4) is 0 Å². The van der Waals surface area contributed by atoms with Crippen molar-refractivity contribution in [1.82, 2.24) is 10.6 Å². The number of hydrogen-bond donors (Lipinski definition) is 4. The zero-order chi connectivity index (χ0) is 15.9. The Morgan fingerprint density at radius 1 is 0.700 bits per heavy atom. The summed E-state index contributed by atoms with van der Waals surface area (Å²) < 4.78 is 0.230. The maximum Gasteiger partial charge on any atom is 0.0250 e. The summed E-state index contributed by atoms with van der Waals surface area (Å²) in [5.41, 5.74) is 0.0779. The molecule has 0 heterocycles. The number of thiol groups is 2. The van der Waals surface area contributed by atoms with Gasteiger partial charge in [0.1, 0.15) is 0 Å². The summed E-state index contributed by atoms with van der Waals surface area (Å²) >= 11 is 9.58. The topological polar surface area (TPSA) is 24.1 Å². The zero-order valence-corrected chi connectivity index (χ0v) is 16.1. The van der Waals surface area contributed by atoms with Gasteiger partial charge in [0.05, 0.1) is 0 Å². The fourth-order valence-electron chi connectivity index (χ4n) is 2.07. The molecule has 2 N–H and O–H groups in total. The SMILES string of the molecule is CCC(S)(CC)CNCC(C)(C)NCC(S)(CC)CC. The van der Waals surface area contributed by atoms with Crippen LogP contribution in [0.5, 0.6) is 0 Å². The average Bonchev–Trinajstić information content (AvgIpc) is 2.44. The highest BCUT2D eigenvalue weighted by Crippen LogP contribution is 2.24. The van der Waals surface area contributed by atoms with Crippen molar-refractivity contribution in [3.63, 3.8) is 0 Å². The fourth-order valence-corrected chi connectivity index (χ4v) is 2.26. The molecule has 122 valence electrons. The van der Waals surface area contributed by atoms with Crippen LogP contribution < -0.4 is 10.6 Å². The van der Waals surface area contributed by atoms with Crippen molar-refractivity contribution in [2.75, 3.05) is 19.6 Å². The van der Waals surface area contributed by atoms with E-state index >= 15 is 0 Å². The summed E-state index contributed by atoms with van der Waals surface area (Å²) in [4.78, 5) is 0. The lowest BCUT2D eigenvalue weighted by molar-refractivity contribution is 0.331. The summed E-state index contributed by atoms with van der Waals surface area (Å²) in [6.07, 6.45) is 4.38. The van der Waals surface area contributed by atoms with Gasteiger partial charge in [-0.25, -0.2) is 0 Å². The molecule has 2 nitrogen and oxygen atoms in total. The van der Waals surface area contributed by atoms with Gasteiger partial charge in [-0.2, -0.15) is 25.3 Å². The smallest absolute Gasteiger partial charge is 0.0250 e. The molecular formula is C16H36N2S2. The minimum Gasteiger partial charge on any atom is -0.314 e. The normalized spacial score (nSPS) is 13.8. The van der Waals surface area contributed by atoms with Gasteiger partial charge < -0.3 is 10.6 Å². The van der Waals surface area contributed by atoms with Gasteiger partial charge in [-0.1, -0.05) is 27.7 Å². The lowest BCUT2D eigenvalue weighted by Crippen LogP contribution is -2.53. The van der Waals surface area contributed by atoms with Crippen molar-refractivity contribution >= 4 is 25.3 Å². The second kappa shape index (κ2) is 8.92. The third-order valence-electron chi connectivity index (χ3n) is 4.55. The van der Waals surface area contributed by atoms with Gasteiger partial charge in [0.25, 0.3) is 0 Å². The monoisotopic (exact) mass is 320 g/mol. The molecule has 0 amide bonds. The highest BCUT2D eigenvalue weighted by Gasteiger charge is 2.26. The molecule has 0 saturated heterocycles. The molecule has 0 aromatic rings. The van der Waals surface area contributed by atoms with Crippen LogP contribution in [0.1, 0.15) is 67.2 Å². The Balaban J connectivity index is 4.20. The predicted octanol–water partition coefficient (Wildman–Crippen LogP) is 3.92. The third kappa shape index (κ3) is 7.58. The molecule has 0 radical (unpaired) electrons. The second-order valence-electron chi connectivity index (χ2n) is 6.70. The molecule has 0 aliphatic heterocycles. The van der Waals surface area contributed by atoms with Gasteiger partial charge in [-0.05, 0) is 39.5 Å². The van der Waals surface area contributed by atoms with E-state index in [0.29, 0.717) is 0 Å². The van der Waals surface area contributed by atoms with Crippen LogP contribution in [-0.2, 0) is 0 Å². The summed E-state index contributed by atoms with van der Waals surface area (Å²) in [5, 5.41) is 7.24. The number of nitrogens with one attached hydrogen (secondary N) is 2. The number of hydrogen-bond acceptors (Lipinski definition) is 4. The van der Waals surface area contributed by atoms with Crippen LogP contribution in [-0.4, -0.2) is 34.7 Å². The molecule has 0 atom stereocenters. The minimum absolute atomic E-state index is 0.0779. The first-order valence-corrected chi connectivity index (χ1v) is 8.96. The molecule has 0 aromatic carbocycles. The summed E-state index contributed by atoms with van der Waals surface area (Å²) in [6, 6.07) is 0. The highest BCUT2D eigenvalue weighted by atomic mass is 32.1. The van der Waals surface area contributed by atoms with Crippen molar-refractivity contribution in [1.29, 1.82) is 0 Å². The largest absolute Gasteiger partial charge is 0.314 e. The summed E-state index contributed by atoms with van der Waals surface area (Å²) in [6.45, 7) is 16.2. The first-order valence-electron chi connectivity index (χ1n) is 8.06. The van der Waals surface area contributed by atoms with Crippen LogP contribution in [0.2, 0.25) is 0 Å². The van der Waals surface area contributed by atoms with Gasteiger partial charge in [0, 0.05) is 34.7 Å². The first kappa shape index (κ1) is 20.6. The molecule has 4 heteroatoms. The van der Waals surface area contributed by atoms with E-state index in [-0.39, 0.29) is 15.0 Å². The van der Waals surface area contributed by atoms with Crippen LogP contribution in [0, 0.1) is 0 Å². The van der Waals surface area contributed by atoms with Crippen LogP contribution in [0.25, 0.3) is 0 Å². The minimum atomic E-state index is 0.0779. The van der Waals surface area contributed by atoms with Gasteiger partial charge in [0.2, 0.25) is 0 Å². The van der Waals surface area contributed by atoms with E-state index in [9.17, 15) is 0 Å². The molecule has 0 aliphatic rings. The van der Waals surface area contributed by atoms with Crippen molar-refractivity contribution in [2.45, 2.75) is 82.3 Å². The molecule has 0 aliphatic carbocycles. The Labute approximate surface area is 138 Å². The van der Waals surface area contributed by atoms with Gasteiger partial charge in [-0.15, -0.1) is 0 Å². The van der Waals surface area contributed by atoms with Gasteiger partial charge in [-0.3, -0.25) is 0 Å². The molecule has 20 heavy (non-hydrogen) atoms. The van der Waals surface area contributed by atoms with Crippen molar-refractivity contribution in [2.24, 2.45) is 0 Å². The van der Waals surface area contributed by atoms with E-state index in [4.69, 9.17) is 25.3 Å². The summed E-state index contributed by atoms with van der Waals surface area (Å²) in [5.74, 6) is 0. The average molecular weight is 321 g/mol. The van der Waals surface area contributed by atoms with E-state index in [1.54, 1.807) is 0 Å². The Morgan fingerprint density at radius 2 is 1.10 bits per heavy atom. The molecule has 0 unspecified atom stereocenters. The van der Waals surface area contributed by atoms with E-state index in [0.717, 1.165) is 45.3 Å². The van der Waals surface area contributed by atoms with Crippen molar-refractivity contribution in [3.05, 3.63) is 0 Å². The Bertz CT molecular complexity index is 259. The number of rotatable bonds is 11. The Morgan fingerprint density at radius 3 is 1.50 bits per heavy atom. The Kier molecular flexibility index (Phi) is 9.19. The fraction of sp³-hybridized carbons (Fsp3) is 1.00. The van der Waals surface area contributed by atoms with Crippen molar-refractivity contribution < 1.29 is 0 Å². The predicted molar refractivity (Wildman–Crippen MR) is 99.5 cm³/mol. The Hall–Kier alpha value is 0.620. The second-order valence-corrected chi connectivity index (χ2v) is 8.60. The molecule has 0 spiro atoms.